The summed E-state index contributed by atoms with van der Waals surface area (Å²) in [5.41, 5.74) is 3.48. The maximum Gasteiger partial charge on any atom is 0.200 e. The van der Waals surface area contributed by atoms with E-state index in [1.165, 1.54) is 25.3 Å². The highest BCUT2D eigenvalue weighted by atomic mass is 16.5. The Labute approximate surface area is 167 Å². The molecule has 1 saturated heterocycles. The zero-order chi connectivity index (χ0) is 20.1. The summed E-state index contributed by atoms with van der Waals surface area (Å²) in [5.74, 6) is 0.857. The molecule has 2 aromatic rings. The number of phenolic OH excluding ortho intramolecular Hbond substituents is 1. The van der Waals surface area contributed by atoms with E-state index in [0.29, 0.717) is 11.5 Å². The first kappa shape index (κ1) is 20.5. The van der Waals surface area contributed by atoms with Crippen LogP contribution < -0.4 is 9.47 Å². The number of aromatic hydroxyl groups is 1. The van der Waals surface area contributed by atoms with Gasteiger partial charge in [0.2, 0.25) is 5.75 Å². The number of likely N-dealkylation sites (tertiary alicyclic amines) is 1. The fourth-order valence-corrected chi connectivity index (χ4v) is 4.28. The number of hydrogen-bond donors (Lipinski definition) is 2. The second-order valence-electron chi connectivity index (χ2n) is 7.92. The summed E-state index contributed by atoms with van der Waals surface area (Å²) >= 11 is 0. The summed E-state index contributed by atoms with van der Waals surface area (Å²) in [4.78, 5) is 2.38. The van der Waals surface area contributed by atoms with Gasteiger partial charge in [0, 0.05) is 18.5 Å². The third-order valence-corrected chi connectivity index (χ3v) is 5.85. The molecule has 2 aromatic carbocycles. The highest BCUT2D eigenvalue weighted by Crippen LogP contribution is 2.39. The number of nitrogens with zero attached hydrogens (tertiary/aromatic N) is 1. The van der Waals surface area contributed by atoms with E-state index < -0.39 is 0 Å². The molecular weight excluding hydrogens is 354 g/mol. The highest BCUT2D eigenvalue weighted by Gasteiger charge is 2.35. The Morgan fingerprint density at radius 2 is 1.79 bits per heavy atom. The minimum Gasteiger partial charge on any atom is -0.502 e. The molecule has 1 aliphatic heterocycles. The number of benzene rings is 2. The fourth-order valence-electron chi connectivity index (χ4n) is 4.28. The van der Waals surface area contributed by atoms with Crippen LogP contribution in [0.2, 0.25) is 0 Å². The molecular formula is C23H31NO4. The lowest BCUT2D eigenvalue weighted by molar-refractivity contribution is 0.0287. The number of aliphatic hydroxyl groups is 1. The lowest BCUT2D eigenvalue weighted by Gasteiger charge is -2.42. The van der Waals surface area contributed by atoms with Crippen LogP contribution >= 0.6 is 0 Å². The number of ether oxygens (including phenoxy) is 2. The topological polar surface area (TPSA) is 62.2 Å². The van der Waals surface area contributed by atoms with Crippen molar-refractivity contribution >= 4 is 0 Å². The number of rotatable bonds is 7. The Hall–Kier alpha value is -2.24. The molecule has 2 N–H and O–H groups in total. The standard InChI is InChI=1S/C23H31NO4/c1-17-7-4-5-8-19(17)13-23(16-25)9-6-10-24(15-23)14-18-11-20(27-2)22(26)21(12-18)28-3/h4-5,7-8,11-12,25-26H,6,9-10,13-16H2,1-3H3/t23-/m1/s1. The van der Waals surface area contributed by atoms with E-state index >= 15 is 0 Å². The average Bonchev–Trinajstić information content (AvgIpc) is 2.71. The number of piperidine rings is 1. The first-order chi connectivity index (χ1) is 13.5. The second-order valence-corrected chi connectivity index (χ2v) is 7.92. The largest absolute Gasteiger partial charge is 0.502 e. The minimum absolute atomic E-state index is 0.0247. The Kier molecular flexibility index (Phi) is 6.47. The fraction of sp³-hybridized carbons (Fsp3) is 0.478. The molecule has 1 aliphatic rings. The number of aliphatic hydroxyl groups excluding tert-OH is 1. The maximum absolute atomic E-state index is 10.3. The van der Waals surface area contributed by atoms with Crippen molar-refractivity contribution in [3.8, 4) is 17.2 Å². The lowest BCUT2D eigenvalue weighted by Crippen LogP contribution is -2.46. The zero-order valence-electron chi connectivity index (χ0n) is 17.1. The zero-order valence-corrected chi connectivity index (χ0v) is 17.1. The quantitative estimate of drug-likeness (QED) is 0.763. The summed E-state index contributed by atoms with van der Waals surface area (Å²) in [5, 5.41) is 20.4. The smallest absolute Gasteiger partial charge is 0.200 e. The molecule has 0 saturated carbocycles. The van der Waals surface area contributed by atoms with Gasteiger partial charge in [0.15, 0.2) is 11.5 Å². The van der Waals surface area contributed by atoms with Gasteiger partial charge in [-0.05, 0) is 61.6 Å². The lowest BCUT2D eigenvalue weighted by atomic mass is 9.75. The van der Waals surface area contributed by atoms with Crippen molar-refractivity contribution < 1.29 is 19.7 Å². The molecule has 0 amide bonds. The molecule has 0 aliphatic carbocycles. The third-order valence-electron chi connectivity index (χ3n) is 5.85. The van der Waals surface area contributed by atoms with Crippen LogP contribution in [-0.2, 0) is 13.0 Å². The van der Waals surface area contributed by atoms with Gasteiger partial charge in [-0.25, -0.2) is 0 Å². The monoisotopic (exact) mass is 385 g/mol. The van der Waals surface area contributed by atoms with Gasteiger partial charge in [0.05, 0.1) is 20.8 Å². The van der Waals surface area contributed by atoms with Gasteiger partial charge in [-0.3, -0.25) is 4.90 Å². The van der Waals surface area contributed by atoms with Crippen molar-refractivity contribution in [2.24, 2.45) is 5.41 Å². The third kappa shape index (κ3) is 4.42. The predicted molar refractivity (Wildman–Crippen MR) is 110 cm³/mol. The van der Waals surface area contributed by atoms with Crippen LogP contribution in [0, 0.1) is 12.3 Å². The van der Waals surface area contributed by atoms with Gasteiger partial charge in [0.25, 0.3) is 0 Å². The second kappa shape index (κ2) is 8.84. The molecule has 5 nitrogen and oxygen atoms in total. The van der Waals surface area contributed by atoms with Gasteiger partial charge in [-0.15, -0.1) is 0 Å². The normalized spacial score (nSPS) is 20.1. The molecule has 3 rings (SSSR count). The number of methoxy groups -OCH3 is 2. The van der Waals surface area contributed by atoms with Crippen molar-refractivity contribution in [1.82, 2.24) is 4.90 Å². The Bertz CT molecular complexity index is 782. The summed E-state index contributed by atoms with van der Waals surface area (Å²) in [6, 6.07) is 12.1. The summed E-state index contributed by atoms with van der Waals surface area (Å²) in [7, 11) is 3.08. The summed E-state index contributed by atoms with van der Waals surface area (Å²) in [6.07, 6.45) is 2.96. The molecule has 28 heavy (non-hydrogen) atoms. The van der Waals surface area contributed by atoms with Crippen molar-refractivity contribution in [2.75, 3.05) is 33.9 Å². The number of aryl methyl sites for hydroxylation is 1. The van der Waals surface area contributed by atoms with Gasteiger partial charge in [-0.1, -0.05) is 24.3 Å². The highest BCUT2D eigenvalue weighted by molar-refractivity contribution is 5.52. The molecule has 1 atom stereocenters. The minimum atomic E-state index is -0.130. The van der Waals surface area contributed by atoms with E-state index in [9.17, 15) is 10.2 Å². The molecule has 0 bridgehead atoms. The average molecular weight is 386 g/mol. The van der Waals surface area contributed by atoms with Crippen LogP contribution in [0.5, 0.6) is 17.2 Å². The Morgan fingerprint density at radius 3 is 2.39 bits per heavy atom. The van der Waals surface area contributed by atoms with Crippen LogP contribution in [0.15, 0.2) is 36.4 Å². The van der Waals surface area contributed by atoms with E-state index in [-0.39, 0.29) is 17.8 Å². The van der Waals surface area contributed by atoms with E-state index in [4.69, 9.17) is 9.47 Å². The van der Waals surface area contributed by atoms with Crippen LogP contribution in [0.1, 0.15) is 29.5 Å². The molecule has 0 radical (unpaired) electrons. The first-order valence-corrected chi connectivity index (χ1v) is 9.82. The van der Waals surface area contributed by atoms with E-state index in [1.807, 2.05) is 12.1 Å². The summed E-state index contributed by atoms with van der Waals surface area (Å²) in [6.45, 7) is 4.86. The van der Waals surface area contributed by atoms with E-state index in [0.717, 1.165) is 44.5 Å². The molecule has 1 heterocycles. The molecule has 0 spiro atoms. The van der Waals surface area contributed by atoms with Gasteiger partial charge in [0.1, 0.15) is 0 Å². The predicted octanol–water partition coefficient (Wildman–Crippen LogP) is 3.54. The molecule has 0 unspecified atom stereocenters. The maximum atomic E-state index is 10.3. The number of phenols is 1. The number of hydrogen-bond acceptors (Lipinski definition) is 5. The molecule has 1 fully saturated rings. The van der Waals surface area contributed by atoms with Gasteiger partial charge >= 0.3 is 0 Å². The van der Waals surface area contributed by atoms with Crippen molar-refractivity contribution in [1.29, 1.82) is 0 Å². The molecule has 0 aromatic heterocycles. The van der Waals surface area contributed by atoms with Crippen molar-refractivity contribution in [3.05, 3.63) is 53.1 Å². The van der Waals surface area contributed by atoms with Crippen LogP contribution in [0.3, 0.4) is 0 Å². The van der Waals surface area contributed by atoms with E-state index in [2.05, 4.69) is 36.1 Å². The first-order valence-electron chi connectivity index (χ1n) is 9.82. The SMILES string of the molecule is COc1cc(CN2CCC[C@@](CO)(Cc3ccccc3C)C2)cc(OC)c1O. The van der Waals surface area contributed by atoms with Crippen LogP contribution in [-0.4, -0.2) is 49.0 Å². The molecule has 152 valence electrons. The van der Waals surface area contributed by atoms with Gasteiger partial charge in [-0.2, -0.15) is 0 Å². The van der Waals surface area contributed by atoms with E-state index in [1.54, 1.807) is 0 Å². The Balaban J connectivity index is 1.78. The van der Waals surface area contributed by atoms with Gasteiger partial charge < -0.3 is 19.7 Å². The van der Waals surface area contributed by atoms with Crippen molar-refractivity contribution in [2.45, 2.75) is 32.7 Å². The Morgan fingerprint density at radius 1 is 1.11 bits per heavy atom. The summed E-state index contributed by atoms with van der Waals surface area (Å²) < 4.78 is 10.6. The molecule has 5 heteroatoms. The van der Waals surface area contributed by atoms with Crippen LogP contribution in [0.4, 0.5) is 0 Å². The van der Waals surface area contributed by atoms with Crippen molar-refractivity contribution in [3.63, 3.8) is 0 Å². The van der Waals surface area contributed by atoms with Crippen LogP contribution in [0.25, 0.3) is 0 Å².